The summed E-state index contributed by atoms with van der Waals surface area (Å²) in [5, 5.41) is 3.71. The Hall–Kier alpha value is -6.95. The Balaban J connectivity index is 1.22. The summed E-state index contributed by atoms with van der Waals surface area (Å²) in [5.74, 6) is 1.58. The zero-order valence-electron chi connectivity index (χ0n) is 38.5. The molecule has 65 heavy (non-hydrogen) atoms. The maximum absolute atomic E-state index is 8.07. The molecule has 0 aliphatic carbocycles. The minimum atomic E-state index is -0.0732. The molecule has 10 rings (SSSR count). The van der Waals surface area contributed by atoms with Crippen LogP contribution in [0.15, 0.2) is 171 Å². The number of rotatable bonds is 8. The predicted molar refractivity (Wildman–Crippen MR) is 273 cm³/mol. The first-order valence-corrected chi connectivity index (χ1v) is 22.7. The van der Waals surface area contributed by atoms with Crippen LogP contribution in [0.1, 0.15) is 69.4 Å². The van der Waals surface area contributed by atoms with Gasteiger partial charge in [-0.15, -0.1) is 0 Å². The number of halogens is 1. The summed E-state index contributed by atoms with van der Waals surface area (Å²) in [7, 11) is 0. The molecule has 7 aromatic carbocycles. The number of fused-ring (bicyclic) bond motifs is 3. The highest BCUT2D eigenvalue weighted by molar-refractivity contribution is 6.37. The fourth-order valence-corrected chi connectivity index (χ4v) is 9.37. The van der Waals surface area contributed by atoms with Gasteiger partial charge in [-0.2, -0.15) is 0 Å². The van der Waals surface area contributed by atoms with E-state index in [2.05, 4.69) is 187 Å². The van der Waals surface area contributed by atoms with Gasteiger partial charge in [0, 0.05) is 38.7 Å². The summed E-state index contributed by atoms with van der Waals surface area (Å²) >= 11 is 8.07. The van der Waals surface area contributed by atoms with Crippen molar-refractivity contribution < 1.29 is 13.3 Å². The molecule has 0 unspecified atom stereocenters. The molecule has 324 valence electrons. The van der Waals surface area contributed by atoms with Crippen LogP contribution in [0.3, 0.4) is 0 Å². The smallest absolute Gasteiger partial charge is 0.136 e. The predicted octanol–water partition coefficient (Wildman–Crippen LogP) is 18.4. The zero-order valence-corrected chi connectivity index (χ0v) is 39.3. The van der Waals surface area contributed by atoms with Crippen LogP contribution >= 0.6 is 11.6 Å². The first-order chi connectivity index (χ1) is 31.1. The van der Waals surface area contributed by atoms with E-state index in [1.165, 1.54) is 11.1 Å². The molecule has 0 saturated carbocycles. The average molecular weight is 874 g/mol. The minimum Gasteiger partial charge on any atom is -0.462 e. The first-order valence-electron chi connectivity index (χ1n) is 22.3. The summed E-state index contributed by atoms with van der Waals surface area (Å²) in [4.78, 5) is 4.57. The van der Waals surface area contributed by atoms with Crippen molar-refractivity contribution in [2.24, 2.45) is 0 Å². The second-order valence-corrected chi connectivity index (χ2v) is 19.9. The van der Waals surface area contributed by atoms with Gasteiger partial charge in [0.1, 0.15) is 34.5 Å². The largest absolute Gasteiger partial charge is 0.462 e. The number of hydrogen-bond donors (Lipinski definition) is 0. The monoisotopic (exact) mass is 872 g/mol. The quantitative estimate of drug-likeness (QED) is 0.152. The lowest BCUT2D eigenvalue weighted by atomic mass is 9.84. The number of hydrogen-bond acceptors (Lipinski definition) is 5. The Morgan fingerprint density at radius 1 is 0.462 bits per heavy atom. The summed E-state index contributed by atoms with van der Waals surface area (Å²) in [6.07, 6.45) is 1.89. The zero-order chi connectivity index (χ0) is 45.4. The number of aryl methyl sites for hydroxylation is 3. The van der Waals surface area contributed by atoms with E-state index >= 15 is 0 Å². The molecule has 0 atom stereocenters. The van der Waals surface area contributed by atoms with Crippen molar-refractivity contribution in [2.45, 2.75) is 73.1 Å². The van der Waals surface area contributed by atoms with Gasteiger partial charge in [-0.3, -0.25) is 0 Å². The van der Waals surface area contributed by atoms with Crippen LogP contribution in [0.2, 0.25) is 5.02 Å². The molecular formula is C59H53ClN2O3. The summed E-state index contributed by atoms with van der Waals surface area (Å²) in [6, 6.07) is 53.0. The van der Waals surface area contributed by atoms with Crippen molar-refractivity contribution in [1.82, 2.24) is 0 Å². The molecule has 3 heterocycles. The van der Waals surface area contributed by atoms with Gasteiger partial charge < -0.3 is 23.1 Å². The van der Waals surface area contributed by atoms with Crippen LogP contribution in [0.25, 0.3) is 55.6 Å². The number of anilines is 6. The Labute approximate surface area is 386 Å². The summed E-state index contributed by atoms with van der Waals surface area (Å²) in [6.45, 7) is 20.1. The maximum Gasteiger partial charge on any atom is 0.136 e. The van der Waals surface area contributed by atoms with Crippen LogP contribution in [0.5, 0.6) is 0 Å². The van der Waals surface area contributed by atoms with Gasteiger partial charge in [0.25, 0.3) is 0 Å². The number of furan rings is 3. The molecular weight excluding hydrogens is 820 g/mol. The standard InChI is InChI=1S/C59H53ClN2O3/c1-36-26-48(56(60)49(27-36)62(57-37(2)28-44(29-38(57)3)59(7,8)9)50-35-63-53-25-24-43(34-47(50)53)58(4,5)6)61(45-20-14-18-39(30-45)54-32-41-16-10-12-22-51(41)64-54)46-21-15-19-40(31-46)55-33-42-17-11-13-23-52(42)65-55/h10-35H,1-9H3. The molecule has 0 fully saturated rings. The van der Waals surface area contributed by atoms with Crippen molar-refractivity contribution >= 4 is 78.6 Å². The Kier molecular flexibility index (Phi) is 10.3. The van der Waals surface area contributed by atoms with Crippen molar-refractivity contribution in [3.05, 3.63) is 191 Å². The highest BCUT2D eigenvalue weighted by Crippen LogP contribution is 2.51. The van der Waals surface area contributed by atoms with Crippen molar-refractivity contribution in [3.63, 3.8) is 0 Å². The van der Waals surface area contributed by atoms with Crippen molar-refractivity contribution in [3.8, 4) is 22.6 Å². The Morgan fingerprint density at radius 2 is 0.985 bits per heavy atom. The van der Waals surface area contributed by atoms with Crippen LogP contribution in [-0.2, 0) is 10.8 Å². The van der Waals surface area contributed by atoms with E-state index in [-0.39, 0.29) is 10.8 Å². The molecule has 0 spiro atoms. The van der Waals surface area contributed by atoms with Gasteiger partial charge in [-0.1, -0.05) is 132 Å². The molecule has 0 N–H and O–H groups in total. The van der Waals surface area contributed by atoms with Gasteiger partial charge >= 0.3 is 0 Å². The molecule has 3 aromatic heterocycles. The third-order valence-corrected chi connectivity index (χ3v) is 12.9. The third-order valence-electron chi connectivity index (χ3n) is 12.5. The second kappa shape index (κ2) is 15.9. The van der Waals surface area contributed by atoms with E-state index in [1.807, 2.05) is 42.7 Å². The second-order valence-electron chi connectivity index (χ2n) is 19.5. The van der Waals surface area contributed by atoms with Gasteiger partial charge in [-0.05, 0) is 132 Å². The highest BCUT2D eigenvalue weighted by atomic mass is 35.5. The summed E-state index contributed by atoms with van der Waals surface area (Å²) < 4.78 is 19.3. The molecule has 0 radical (unpaired) electrons. The topological polar surface area (TPSA) is 45.9 Å². The lowest BCUT2D eigenvalue weighted by Gasteiger charge is -2.33. The number of para-hydroxylation sites is 2. The molecule has 6 heteroatoms. The van der Waals surface area contributed by atoms with E-state index in [0.717, 1.165) is 106 Å². The van der Waals surface area contributed by atoms with E-state index in [9.17, 15) is 0 Å². The van der Waals surface area contributed by atoms with E-state index in [1.54, 1.807) is 0 Å². The Morgan fingerprint density at radius 3 is 1.51 bits per heavy atom. The van der Waals surface area contributed by atoms with Crippen LogP contribution in [0.4, 0.5) is 34.1 Å². The molecule has 0 aliphatic heterocycles. The van der Waals surface area contributed by atoms with Gasteiger partial charge in [0.05, 0.1) is 27.8 Å². The van der Waals surface area contributed by atoms with Gasteiger partial charge in [0.2, 0.25) is 0 Å². The number of benzene rings is 7. The lowest BCUT2D eigenvalue weighted by Crippen LogP contribution is -2.18. The fourth-order valence-electron chi connectivity index (χ4n) is 9.10. The van der Waals surface area contributed by atoms with Gasteiger partial charge in [-0.25, -0.2) is 0 Å². The summed E-state index contributed by atoms with van der Waals surface area (Å²) in [5.41, 5.74) is 15.6. The van der Waals surface area contributed by atoms with Crippen LogP contribution in [0, 0.1) is 20.8 Å². The number of nitrogens with zero attached hydrogens (tertiary/aromatic N) is 2. The molecule has 0 aliphatic rings. The molecule has 5 nitrogen and oxygen atoms in total. The van der Waals surface area contributed by atoms with Crippen LogP contribution in [-0.4, -0.2) is 0 Å². The normalized spacial score (nSPS) is 12.2. The maximum atomic E-state index is 8.07. The average Bonchev–Trinajstić information content (AvgIpc) is 4.03. The SMILES string of the molecule is Cc1cc(N(c2cccc(-c3cc4ccccc4o3)c2)c2cccc(-c3cc4ccccc4o3)c2)c(Cl)c(N(c2c(C)cc(C(C)(C)C)cc2C)c2coc3ccc(C(C)(C)C)cc23)c1. The van der Waals surface area contributed by atoms with Crippen molar-refractivity contribution in [2.75, 3.05) is 9.80 Å². The van der Waals surface area contributed by atoms with E-state index in [4.69, 9.17) is 24.9 Å². The molecule has 0 amide bonds. The molecule has 0 saturated heterocycles. The first kappa shape index (κ1) is 42.0. The highest BCUT2D eigenvalue weighted by Gasteiger charge is 2.29. The van der Waals surface area contributed by atoms with Gasteiger partial charge in [0.15, 0.2) is 0 Å². The van der Waals surface area contributed by atoms with Crippen LogP contribution < -0.4 is 9.80 Å². The van der Waals surface area contributed by atoms with E-state index in [0.29, 0.717) is 5.02 Å². The fraction of sp³-hybridized carbons (Fsp3) is 0.186. The third kappa shape index (κ3) is 7.78. The van der Waals surface area contributed by atoms with Crippen molar-refractivity contribution in [1.29, 1.82) is 0 Å². The lowest BCUT2D eigenvalue weighted by molar-refractivity contribution is 0.589. The minimum absolute atomic E-state index is 0.0364. The Bertz CT molecular complexity index is 3220. The molecule has 10 aromatic rings. The van der Waals surface area contributed by atoms with E-state index < -0.39 is 0 Å². The molecule has 0 bridgehead atoms.